The van der Waals surface area contributed by atoms with E-state index >= 15 is 0 Å². The topological polar surface area (TPSA) is 113 Å². The SMILES string of the molecule is CC(C)(C)OC(=O)N[C@H](Cc1ccc(OCc2ccccc2)cc1)C(=O)Oc1ccc2c(=O)c(Oc3ccccc3)c(C(F)(F)F)oc2c1. The second-order valence-corrected chi connectivity index (χ2v) is 11.9. The Kier molecular flexibility index (Phi) is 10.3. The minimum Gasteiger partial charge on any atom is -0.489 e. The van der Waals surface area contributed by atoms with Gasteiger partial charge < -0.3 is 28.7 Å². The van der Waals surface area contributed by atoms with Crippen LogP contribution < -0.4 is 25.0 Å². The third kappa shape index (κ3) is 9.40. The van der Waals surface area contributed by atoms with Crippen molar-refractivity contribution in [1.29, 1.82) is 0 Å². The van der Waals surface area contributed by atoms with Crippen LogP contribution in [-0.2, 0) is 28.7 Å². The van der Waals surface area contributed by atoms with E-state index in [-0.39, 0.29) is 23.3 Å². The van der Waals surface area contributed by atoms with Crippen molar-refractivity contribution in [3.63, 3.8) is 0 Å². The molecule has 0 saturated heterocycles. The number of hydrogen-bond donors (Lipinski definition) is 1. The standard InChI is InChI=1S/C37H32F3NO8/c1-36(2,3)49-35(44)41-29(20-23-14-16-25(17-15-23)45-22-24-10-6-4-7-11-24)34(43)47-27-18-19-28-30(21-27)48-33(37(38,39)40)32(31(28)42)46-26-12-8-5-9-13-26/h4-19,21,29H,20,22H2,1-3H3,(H,41,44)/t29-/m1/s1. The number of para-hydroxylation sites is 1. The lowest BCUT2D eigenvalue weighted by atomic mass is 10.1. The number of nitrogens with one attached hydrogen (secondary N) is 1. The number of carbonyl (C=O) groups excluding carboxylic acids is 2. The molecule has 9 nitrogen and oxygen atoms in total. The van der Waals surface area contributed by atoms with Crippen LogP contribution in [0, 0.1) is 0 Å². The maximum atomic E-state index is 14.0. The summed E-state index contributed by atoms with van der Waals surface area (Å²) in [6.45, 7) is 5.32. The molecule has 0 bridgehead atoms. The molecule has 1 aromatic heterocycles. The number of hydrogen-bond acceptors (Lipinski definition) is 8. The Morgan fingerprint density at radius 3 is 2.06 bits per heavy atom. The first-order chi connectivity index (χ1) is 23.2. The summed E-state index contributed by atoms with van der Waals surface area (Å²) in [6, 6.07) is 26.0. The van der Waals surface area contributed by atoms with Gasteiger partial charge in [0.05, 0.1) is 5.39 Å². The van der Waals surface area contributed by atoms with Crippen LogP contribution in [0.4, 0.5) is 18.0 Å². The van der Waals surface area contributed by atoms with E-state index in [2.05, 4.69) is 5.32 Å². The highest BCUT2D eigenvalue weighted by Crippen LogP contribution is 2.38. The number of benzene rings is 4. The summed E-state index contributed by atoms with van der Waals surface area (Å²) in [5.41, 5.74) is -0.817. The first-order valence-corrected chi connectivity index (χ1v) is 15.1. The molecule has 1 amide bonds. The van der Waals surface area contributed by atoms with Crippen LogP contribution in [0.5, 0.6) is 23.0 Å². The second kappa shape index (κ2) is 14.5. The van der Waals surface area contributed by atoms with Gasteiger partial charge >= 0.3 is 18.2 Å². The van der Waals surface area contributed by atoms with Crippen LogP contribution in [0.15, 0.2) is 112 Å². The van der Waals surface area contributed by atoms with E-state index in [1.165, 1.54) is 30.3 Å². The maximum Gasteiger partial charge on any atom is 0.453 e. The van der Waals surface area contributed by atoms with Crippen LogP contribution in [0.25, 0.3) is 11.0 Å². The van der Waals surface area contributed by atoms with E-state index in [1.807, 2.05) is 30.3 Å². The van der Waals surface area contributed by atoms with Crippen molar-refractivity contribution >= 4 is 23.0 Å². The van der Waals surface area contributed by atoms with Gasteiger partial charge in [-0.25, -0.2) is 9.59 Å². The van der Waals surface area contributed by atoms with Crippen LogP contribution >= 0.6 is 0 Å². The van der Waals surface area contributed by atoms with Crippen molar-refractivity contribution in [2.24, 2.45) is 0 Å². The molecule has 1 N–H and O–H groups in total. The molecule has 5 aromatic rings. The summed E-state index contributed by atoms with van der Waals surface area (Å²) in [4.78, 5) is 39.2. The van der Waals surface area contributed by atoms with E-state index in [4.69, 9.17) is 23.4 Å². The number of amides is 1. The molecule has 1 heterocycles. The lowest BCUT2D eigenvalue weighted by Gasteiger charge is -2.23. The van der Waals surface area contributed by atoms with E-state index < -0.39 is 52.4 Å². The molecular formula is C37H32F3NO8. The first-order valence-electron chi connectivity index (χ1n) is 15.1. The molecule has 0 radical (unpaired) electrons. The Hall–Kier alpha value is -5.78. The summed E-state index contributed by atoms with van der Waals surface area (Å²) in [5.74, 6) is -3.28. The Bertz CT molecular complexity index is 1970. The van der Waals surface area contributed by atoms with Gasteiger partial charge in [0.25, 0.3) is 5.76 Å². The number of ether oxygens (including phenoxy) is 4. The number of alkyl carbamates (subject to hydrolysis) is 1. The van der Waals surface area contributed by atoms with Gasteiger partial charge in [-0.2, -0.15) is 13.2 Å². The van der Waals surface area contributed by atoms with Crippen LogP contribution in [0.3, 0.4) is 0 Å². The number of fused-ring (bicyclic) bond motifs is 1. The monoisotopic (exact) mass is 675 g/mol. The Balaban J connectivity index is 1.37. The fraction of sp³-hybridized carbons (Fsp3) is 0.216. The van der Waals surface area contributed by atoms with Crippen molar-refractivity contribution in [3.8, 4) is 23.0 Å². The average molecular weight is 676 g/mol. The van der Waals surface area contributed by atoms with E-state index in [9.17, 15) is 27.6 Å². The van der Waals surface area contributed by atoms with E-state index in [0.717, 1.165) is 17.7 Å². The highest BCUT2D eigenvalue weighted by atomic mass is 19.4. The lowest BCUT2D eigenvalue weighted by Crippen LogP contribution is -2.46. The predicted molar refractivity (Wildman–Crippen MR) is 174 cm³/mol. The first kappa shape index (κ1) is 34.6. The van der Waals surface area contributed by atoms with Crippen molar-refractivity contribution in [2.75, 3.05) is 0 Å². The van der Waals surface area contributed by atoms with Gasteiger partial charge in [-0.15, -0.1) is 0 Å². The van der Waals surface area contributed by atoms with E-state index in [0.29, 0.717) is 17.9 Å². The zero-order valence-electron chi connectivity index (χ0n) is 26.7. The number of rotatable bonds is 10. The van der Waals surface area contributed by atoms with Crippen LogP contribution in [0.1, 0.15) is 37.7 Å². The summed E-state index contributed by atoms with van der Waals surface area (Å²) in [7, 11) is 0. The highest BCUT2D eigenvalue weighted by Gasteiger charge is 2.40. The van der Waals surface area contributed by atoms with Gasteiger partial charge in [0.1, 0.15) is 41.1 Å². The number of carbonyl (C=O) groups is 2. The second-order valence-electron chi connectivity index (χ2n) is 11.9. The quantitative estimate of drug-likeness (QED) is 0.116. The highest BCUT2D eigenvalue weighted by molar-refractivity contribution is 5.85. The molecule has 0 aliphatic carbocycles. The van der Waals surface area contributed by atoms with Gasteiger partial charge in [0.2, 0.25) is 11.2 Å². The van der Waals surface area contributed by atoms with Crippen LogP contribution in [-0.4, -0.2) is 23.7 Å². The molecule has 0 unspecified atom stereocenters. The lowest BCUT2D eigenvalue weighted by molar-refractivity contribution is -0.154. The molecule has 0 fully saturated rings. The summed E-state index contributed by atoms with van der Waals surface area (Å²) >= 11 is 0. The number of halogens is 3. The average Bonchev–Trinajstić information content (AvgIpc) is 3.05. The molecule has 0 aliphatic heterocycles. The third-order valence-corrected chi connectivity index (χ3v) is 6.85. The summed E-state index contributed by atoms with van der Waals surface area (Å²) in [6.07, 6.45) is -6.00. The summed E-state index contributed by atoms with van der Waals surface area (Å²) in [5, 5.41) is 2.26. The predicted octanol–water partition coefficient (Wildman–Crippen LogP) is 8.22. The van der Waals surface area contributed by atoms with Crippen molar-refractivity contribution in [3.05, 3.63) is 130 Å². The summed E-state index contributed by atoms with van der Waals surface area (Å²) < 4.78 is 69.1. The van der Waals surface area contributed by atoms with Gasteiger partial charge in [-0.1, -0.05) is 60.7 Å². The zero-order valence-corrected chi connectivity index (χ0v) is 26.7. The smallest absolute Gasteiger partial charge is 0.453 e. The fourth-order valence-corrected chi connectivity index (χ4v) is 4.63. The van der Waals surface area contributed by atoms with Gasteiger partial charge in [-0.3, -0.25) is 4.79 Å². The van der Waals surface area contributed by atoms with Gasteiger partial charge in [0.15, 0.2) is 0 Å². The molecule has 0 saturated carbocycles. The number of alkyl halides is 3. The van der Waals surface area contributed by atoms with Crippen molar-refractivity contribution < 1.29 is 46.1 Å². The Labute approximate surface area is 279 Å². The molecule has 4 aromatic carbocycles. The van der Waals surface area contributed by atoms with Crippen molar-refractivity contribution in [1.82, 2.24) is 5.32 Å². The zero-order chi connectivity index (χ0) is 35.2. The number of esters is 1. The normalized spacial score (nSPS) is 12.2. The minimum atomic E-state index is -5.09. The maximum absolute atomic E-state index is 14.0. The molecule has 5 rings (SSSR count). The van der Waals surface area contributed by atoms with Gasteiger partial charge in [-0.05, 0) is 68.3 Å². The van der Waals surface area contributed by atoms with E-state index in [1.54, 1.807) is 51.1 Å². The fourth-order valence-electron chi connectivity index (χ4n) is 4.63. The molecule has 254 valence electrons. The van der Waals surface area contributed by atoms with Gasteiger partial charge in [0, 0.05) is 12.5 Å². The molecule has 0 spiro atoms. The third-order valence-electron chi connectivity index (χ3n) is 6.85. The van der Waals surface area contributed by atoms with Crippen LogP contribution in [0.2, 0.25) is 0 Å². The molecule has 1 atom stereocenters. The minimum absolute atomic E-state index is 0.00285. The molecule has 12 heteroatoms. The van der Waals surface area contributed by atoms with Crippen molar-refractivity contribution in [2.45, 2.75) is 51.6 Å². The molecular weight excluding hydrogens is 643 g/mol. The molecule has 49 heavy (non-hydrogen) atoms. The Morgan fingerprint density at radius 2 is 1.43 bits per heavy atom. The largest absolute Gasteiger partial charge is 0.489 e. The molecule has 0 aliphatic rings. The Morgan fingerprint density at radius 1 is 0.796 bits per heavy atom.